The number of likely N-dealkylation sites (N-methyl/N-ethyl adjacent to an activating group) is 1. The first-order valence-electron chi connectivity index (χ1n) is 7.72. The van der Waals surface area contributed by atoms with Gasteiger partial charge in [0.2, 0.25) is 5.91 Å². The van der Waals surface area contributed by atoms with Crippen LogP contribution in [-0.2, 0) is 4.79 Å². The maximum Gasteiger partial charge on any atom is 0.226 e. The van der Waals surface area contributed by atoms with Crippen LogP contribution in [0.1, 0.15) is 36.3 Å². The number of hydrogen-bond acceptors (Lipinski definition) is 2. The topological polar surface area (TPSA) is 32.3 Å². The molecule has 3 rings (SSSR count). The maximum atomic E-state index is 12.6. The van der Waals surface area contributed by atoms with Crippen molar-refractivity contribution in [2.45, 2.75) is 38.1 Å². The fraction of sp³-hybridized carbons (Fsp3) is 0.588. The fourth-order valence-corrected chi connectivity index (χ4v) is 3.46. The van der Waals surface area contributed by atoms with Crippen molar-refractivity contribution in [3.8, 4) is 0 Å². The maximum absolute atomic E-state index is 12.6. The summed E-state index contributed by atoms with van der Waals surface area (Å²) in [7, 11) is 1.99. The Morgan fingerprint density at radius 3 is 2.90 bits per heavy atom. The minimum atomic E-state index is 0.228. The average molecular weight is 272 g/mol. The quantitative estimate of drug-likeness (QED) is 0.916. The third kappa shape index (κ3) is 2.59. The van der Waals surface area contributed by atoms with Crippen LogP contribution in [0.5, 0.6) is 0 Å². The summed E-state index contributed by atoms with van der Waals surface area (Å²) in [5, 5.41) is 3.31. The largest absolute Gasteiger partial charge is 0.341 e. The van der Waals surface area contributed by atoms with E-state index in [1.165, 1.54) is 17.5 Å². The zero-order valence-electron chi connectivity index (χ0n) is 12.4. The van der Waals surface area contributed by atoms with Gasteiger partial charge in [-0.15, -0.1) is 0 Å². The third-order valence-electron chi connectivity index (χ3n) is 4.84. The van der Waals surface area contributed by atoms with Gasteiger partial charge in [0.25, 0.3) is 0 Å². The minimum Gasteiger partial charge on any atom is -0.341 e. The lowest BCUT2D eigenvalue weighted by Crippen LogP contribution is -2.47. The SMILES string of the molecule is CN[C@@H]1CCCN(C(=O)[C@H]2C[C@@H]2c2ccccc2C)C1. The molecule has 3 atom stereocenters. The monoisotopic (exact) mass is 272 g/mol. The molecule has 3 nitrogen and oxygen atoms in total. The van der Waals surface area contributed by atoms with Gasteiger partial charge in [-0.05, 0) is 50.3 Å². The highest BCUT2D eigenvalue weighted by atomic mass is 16.2. The van der Waals surface area contributed by atoms with Crippen molar-refractivity contribution in [1.29, 1.82) is 0 Å². The number of nitrogens with zero attached hydrogens (tertiary/aromatic N) is 1. The first-order valence-corrected chi connectivity index (χ1v) is 7.72. The van der Waals surface area contributed by atoms with Gasteiger partial charge >= 0.3 is 0 Å². The Hall–Kier alpha value is -1.35. The summed E-state index contributed by atoms with van der Waals surface area (Å²) in [5.74, 6) is 1.06. The van der Waals surface area contributed by atoms with E-state index in [0.29, 0.717) is 17.9 Å². The molecule has 0 aromatic heterocycles. The Morgan fingerprint density at radius 1 is 1.35 bits per heavy atom. The van der Waals surface area contributed by atoms with Gasteiger partial charge < -0.3 is 10.2 Å². The molecule has 2 aliphatic rings. The number of carbonyl (C=O) groups excluding carboxylic acids is 1. The molecule has 1 aliphatic heterocycles. The normalized spacial score (nSPS) is 29.3. The molecular weight excluding hydrogens is 248 g/mol. The number of carbonyl (C=O) groups is 1. The van der Waals surface area contributed by atoms with Crippen molar-refractivity contribution >= 4 is 5.91 Å². The average Bonchev–Trinajstić information content (AvgIpc) is 3.27. The van der Waals surface area contributed by atoms with Gasteiger partial charge in [0, 0.05) is 25.0 Å². The summed E-state index contributed by atoms with van der Waals surface area (Å²) in [4.78, 5) is 14.7. The van der Waals surface area contributed by atoms with Gasteiger partial charge in [-0.2, -0.15) is 0 Å². The lowest BCUT2D eigenvalue weighted by atomic mass is 10.0. The van der Waals surface area contributed by atoms with Crippen LogP contribution in [0.15, 0.2) is 24.3 Å². The van der Waals surface area contributed by atoms with Crippen LogP contribution in [0.3, 0.4) is 0 Å². The van der Waals surface area contributed by atoms with Crippen molar-refractivity contribution in [3.05, 3.63) is 35.4 Å². The van der Waals surface area contributed by atoms with Gasteiger partial charge in [-0.25, -0.2) is 0 Å². The molecule has 0 unspecified atom stereocenters. The van der Waals surface area contributed by atoms with E-state index in [2.05, 4.69) is 41.4 Å². The highest BCUT2D eigenvalue weighted by Gasteiger charge is 2.46. The Kier molecular flexibility index (Phi) is 3.79. The van der Waals surface area contributed by atoms with Crippen LogP contribution in [0.2, 0.25) is 0 Å². The summed E-state index contributed by atoms with van der Waals surface area (Å²) >= 11 is 0. The molecule has 1 aromatic carbocycles. The number of aryl methyl sites for hydroxylation is 1. The molecule has 1 amide bonds. The Bertz CT molecular complexity index is 500. The summed E-state index contributed by atoms with van der Waals surface area (Å²) in [6.07, 6.45) is 3.34. The van der Waals surface area contributed by atoms with Crippen LogP contribution >= 0.6 is 0 Å². The minimum absolute atomic E-state index is 0.228. The van der Waals surface area contributed by atoms with Crippen molar-refractivity contribution in [1.82, 2.24) is 10.2 Å². The van der Waals surface area contributed by atoms with Gasteiger partial charge in [0.1, 0.15) is 0 Å². The van der Waals surface area contributed by atoms with Crippen LogP contribution in [0, 0.1) is 12.8 Å². The zero-order chi connectivity index (χ0) is 14.1. The number of nitrogens with one attached hydrogen (secondary N) is 1. The molecular formula is C17H24N2O. The van der Waals surface area contributed by atoms with E-state index in [-0.39, 0.29) is 5.92 Å². The molecule has 1 heterocycles. The van der Waals surface area contributed by atoms with E-state index >= 15 is 0 Å². The summed E-state index contributed by atoms with van der Waals surface area (Å²) in [6, 6.07) is 8.95. The zero-order valence-corrected chi connectivity index (χ0v) is 12.4. The van der Waals surface area contributed by atoms with Crippen molar-refractivity contribution in [3.63, 3.8) is 0 Å². The van der Waals surface area contributed by atoms with Crippen molar-refractivity contribution in [2.75, 3.05) is 20.1 Å². The van der Waals surface area contributed by atoms with Gasteiger partial charge in [-0.1, -0.05) is 24.3 Å². The lowest BCUT2D eigenvalue weighted by Gasteiger charge is -2.32. The fourth-order valence-electron chi connectivity index (χ4n) is 3.46. The van der Waals surface area contributed by atoms with Crippen molar-refractivity contribution < 1.29 is 4.79 Å². The number of amides is 1. The summed E-state index contributed by atoms with van der Waals surface area (Å²) in [5.41, 5.74) is 2.69. The standard InChI is InChI=1S/C17H24N2O/c1-12-6-3-4-8-14(12)15-10-16(15)17(20)19-9-5-7-13(11-19)18-2/h3-4,6,8,13,15-16,18H,5,7,9-11H2,1-2H3/t13-,15-,16+/m1/s1. The van der Waals surface area contributed by atoms with Crippen LogP contribution in [0.25, 0.3) is 0 Å². The molecule has 1 aliphatic carbocycles. The van der Waals surface area contributed by atoms with Crippen LogP contribution in [-0.4, -0.2) is 37.0 Å². The number of hydrogen-bond donors (Lipinski definition) is 1. The molecule has 1 saturated heterocycles. The van der Waals surface area contributed by atoms with E-state index in [0.717, 1.165) is 25.9 Å². The lowest BCUT2D eigenvalue weighted by molar-refractivity contribution is -0.134. The molecule has 0 radical (unpaired) electrons. The number of rotatable bonds is 3. The second-order valence-corrected chi connectivity index (χ2v) is 6.22. The van der Waals surface area contributed by atoms with E-state index in [9.17, 15) is 4.79 Å². The second-order valence-electron chi connectivity index (χ2n) is 6.22. The summed E-state index contributed by atoms with van der Waals surface area (Å²) in [6.45, 7) is 3.97. The molecule has 2 fully saturated rings. The van der Waals surface area contributed by atoms with Crippen LogP contribution < -0.4 is 5.32 Å². The molecule has 0 spiro atoms. The Balaban J connectivity index is 1.64. The molecule has 1 aromatic rings. The number of piperidine rings is 1. The second kappa shape index (κ2) is 5.57. The van der Waals surface area contributed by atoms with E-state index in [1.54, 1.807) is 0 Å². The van der Waals surface area contributed by atoms with E-state index in [1.807, 2.05) is 7.05 Å². The van der Waals surface area contributed by atoms with Crippen molar-refractivity contribution in [2.24, 2.45) is 5.92 Å². The smallest absolute Gasteiger partial charge is 0.226 e. The Morgan fingerprint density at radius 2 is 2.15 bits per heavy atom. The Labute approximate surface area is 121 Å². The van der Waals surface area contributed by atoms with Crippen LogP contribution in [0.4, 0.5) is 0 Å². The first-order chi connectivity index (χ1) is 9.70. The number of benzene rings is 1. The van der Waals surface area contributed by atoms with E-state index < -0.39 is 0 Å². The highest BCUT2D eigenvalue weighted by molar-refractivity contribution is 5.83. The predicted octanol–water partition coefficient (Wildman–Crippen LogP) is 2.31. The molecule has 20 heavy (non-hydrogen) atoms. The molecule has 0 bridgehead atoms. The first kappa shape index (κ1) is 13.6. The molecule has 3 heteroatoms. The number of likely N-dealkylation sites (tertiary alicyclic amines) is 1. The third-order valence-corrected chi connectivity index (χ3v) is 4.84. The molecule has 108 valence electrons. The molecule has 1 N–H and O–H groups in total. The predicted molar refractivity (Wildman–Crippen MR) is 80.7 cm³/mol. The highest BCUT2D eigenvalue weighted by Crippen LogP contribution is 2.49. The summed E-state index contributed by atoms with van der Waals surface area (Å²) < 4.78 is 0. The van der Waals surface area contributed by atoms with Gasteiger partial charge in [0.15, 0.2) is 0 Å². The van der Waals surface area contributed by atoms with E-state index in [4.69, 9.17) is 0 Å². The molecule has 1 saturated carbocycles. The van der Waals surface area contributed by atoms with Gasteiger partial charge in [0.05, 0.1) is 0 Å². The van der Waals surface area contributed by atoms with Gasteiger partial charge in [-0.3, -0.25) is 4.79 Å².